The van der Waals surface area contributed by atoms with E-state index in [2.05, 4.69) is 17.4 Å². The molecule has 2 saturated heterocycles. The normalized spacial score (nSPS) is 21.5. The zero-order chi connectivity index (χ0) is 23.7. The number of hydrogen-bond acceptors (Lipinski definition) is 5. The Balaban J connectivity index is 1.24. The van der Waals surface area contributed by atoms with Gasteiger partial charge in [0.1, 0.15) is 12.6 Å². The highest BCUT2D eigenvalue weighted by Crippen LogP contribution is 2.44. The van der Waals surface area contributed by atoms with Gasteiger partial charge in [-0.05, 0) is 52.0 Å². The molecule has 34 heavy (non-hydrogen) atoms. The third kappa shape index (κ3) is 4.51. The third-order valence-electron chi connectivity index (χ3n) is 7.13. The van der Waals surface area contributed by atoms with Crippen LogP contribution in [0.2, 0.25) is 0 Å². The summed E-state index contributed by atoms with van der Waals surface area (Å²) in [5.41, 5.74) is 4.49. The molecule has 8 heteroatoms. The second kappa shape index (κ2) is 9.70. The molecule has 2 aliphatic heterocycles. The van der Waals surface area contributed by atoms with Crippen molar-refractivity contribution in [2.75, 3.05) is 31.2 Å². The van der Waals surface area contributed by atoms with Crippen molar-refractivity contribution < 1.29 is 24.2 Å². The number of alkyl carbamates (subject to hydrolysis) is 1. The van der Waals surface area contributed by atoms with Gasteiger partial charge >= 0.3 is 12.1 Å². The number of carbonyl (C=O) groups is 3. The van der Waals surface area contributed by atoms with Crippen molar-refractivity contribution in [2.45, 2.75) is 24.8 Å². The van der Waals surface area contributed by atoms with Crippen molar-refractivity contribution in [3.05, 3.63) is 59.7 Å². The van der Waals surface area contributed by atoms with Crippen LogP contribution >= 0.6 is 11.8 Å². The molecule has 2 aromatic rings. The summed E-state index contributed by atoms with van der Waals surface area (Å²) >= 11 is 1.92. The average Bonchev–Trinajstić information content (AvgIpc) is 3.52. The Labute approximate surface area is 202 Å². The molecular formula is C26H28N2O5S. The molecule has 0 saturated carbocycles. The Kier molecular flexibility index (Phi) is 6.50. The molecule has 178 valence electrons. The smallest absolute Gasteiger partial charge is 0.407 e. The maximum atomic E-state index is 13.2. The van der Waals surface area contributed by atoms with Crippen LogP contribution in [0.4, 0.5) is 4.79 Å². The molecule has 2 aromatic carbocycles. The number of amides is 2. The number of nitrogens with zero attached hydrogens (tertiary/aromatic N) is 1. The van der Waals surface area contributed by atoms with E-state index in [1.54, 1.807) is 4.90 Å². The molecule has 1 unspecified atom stereocenters. The van der Waals surface area contributed by atoms with Crippen LogP contribution in [0.15, 0.2) is 48.5 Å². The van der Waals surface area contributed by atoms with Crippen LogP contribution in [-0.4, -0.2) is 65.2 Å². The Morgan fingerprint density at radius 1 is 1.00 bits per heavy atom. The first kappa shape index (κ1) is 22.8. The summed E-state index contributed by atoms with van der Waals surface area (Å²) in [5, 5.41) is 11.8. The minimum Gasteiger partial charge on any atom is -0.481 e. The number of nitrogens with one attached hydrogen (secondary N) is 1. The van der Waals surface area contributed by atoms with E-state index in [9.17, 15) is 14.4 Å². The van der Waals surface area contributed by atoms with Crippen LogP contribution in [0.5, 0.6) is 0 Å². The highest BCUT2D eigenvalue weighted by molar-refractivity contribution is 7.99. The SMILES string of the molecule is O=C(O)CCC(NC(=O)OCC1c2ccccc2-c2ccccc21)C(=O)N1C[C@H]2CSC[C@H]2C1. The van der Waals surface area contributed by atoms with Gasteiger partial charge in [-0.15, -0.1) is 0 Å². The quantitative estimate of drug-likeness (QED) is 0.629. The van der Waals surface area contributed by atoms with Gasteiger partial charge in [-0.2, -0.15) is 11.8 Å². The van der Waals surface area contributed by atoms with Gasteiger partial charge in [-0.3, -0.25) is 9.59 Å². The van der Waals surface area contributed by atoms with Crippen LogP contribution in [0.25, 0.3) is 11.1 Å². The Hall–Kier alpha value is -3.00. The standard InChI is InChI=1S/C26H28N2O5S/c29-24(30)10-9-23(25(31)28-11-16-14-34-15-17(16)12-28)27-26(32)33-13-22-20-7-3-1-5-18(20)19-6-2-4-8-21(19)22/h1-8,16-17,22-23H,9-15H2,(H,27,32)(H,29,30)/t16-,17+,23?. The number of ether oxygens (including phenoxy) is 1. The summed E-state index contributed by atoms with van der Waals surface area (Å²) < 4.78 is 5.59. The number of thioether (sulfide) groups is 1. The van der Waals surface area contributed by atoms with E-state index in [0.717, 1.165) is 33.8 Å². The molecule has 0 spiro atoms. The lowest BCUT2D eigenvalue weighted by Gasteiger charge is -2.25. The van der Waals surface area contributed by atoms with Crippen molar-refractivity contribution >= 4 is 29.7 Å². The van der Waals surface area contributed by atoms with E-state index >= 15 is 0 Å². The Bertz CT molecular complexity index is 1050. The maximum Gasteiger partial charge on any atom is 0.407 e. The lowest BCUT2D eigenvalue weighted by molar-refractivity contribution is -0.137. The number of carboxylic acids is 1. The summed E-state index contributed by atoms with van der Waals surface area (Å²) in [6, 6.07) is 15.3. The minimum absolute atomic E-state index is 0.0406. The zero-order valence-electron chi connectivity index (χ0n) is 18.8. The van der Waals surface area contributed by atoms with Crippen molar-refractivity contribution in [2.24, 2.45) is 11.8 Å². The van der Waals surface area contributed by atoms with Crippen molar-refractivity contribution in [3.63, 3.8) is 0 Å². The van der Waals surface area contributed by atoms with E-state index in [1.807, 2.05) is 48.2 Å². The number of carboxylic acid groups (broad SMARTS) is 1. The minimum atomic E-state index is -0.998. The topological polar surface area (TPSA) is 95.9 Å². The predicted octanol–water partition coefficient (Wildman–Crippen LogP) is 3.58. The molecule has 3 atom stereocenters. The predicted molar refractivity (Wildman–Crippen MR) is 130 cm³/mol. The first-order valence-corrected chi connectivity index (χ1v) is 12.9. The molecule has 2 amide bonds. The molecule has 3 aliphatic rings. The fourth-order valence-corrected chi connectivity index (χ4v) is 6.89. The fourth-order valence-electron chi connectivity index (χ4n) is 5.40. The molecule has 2 heterocycles. The van der Waals surface area contributed by atoms with E-state index in [4.69, 9.17) is 9.84 Å². The summed E-state index contributed by atoms with van der Waals surface area (Å²) in [7, 11) is 0. The molecular weight excluding hydrogens is 452 g/mol. The zero-order valence-corrected chi connectivity index (χ0v) is 19.6. The molecule has 7 nitrogen and oxygen atoms in total. The number of aliphatic carboxylic acids is 1. The van der Waals surface area contributed by atoms with Crippen LogP contribution in [0.3, 0.4) is 0 Å². The van der Waals surface area contributed by atoms with E-state index < -0.39 is 18.1 Å². The average molecular weight is 481 g/mol. The molecule has 0 bridgehead atoms. The monoisotopic (exact) mass is 480 g/mol. The van der Waals surface area contributed by atoms with Crippen molar-refractivity contribution in [3.8, 4) is 11.1 Å². The fraction of sp³-hybridized carbons (Fsp3) is 0.423. The van der Waals surface area contributed by atoms with Gasteiger partial charge in [0, 0.05) is 25.4 Å². The second-order valence-electron chi connectivity index (χ2n) is 9.26. The van der Waals surface area contributed by atoms with Gasteiger partial charge in [-0.1, -0.05) is 48.5 Å². The second-order valence-corrected chi connectivity index (χ2v) is 10.3. The van der Waals surface area contributed by atoms with Crippen molar-refractivity contribution in [1.29, 1.82) is 0 Å². The molecule has 0 aromatic heterocycles. The van der Waals surface area contributed by atoms with E-state index in [-0.39, 0.29) is 31.3 Å². The first-order chi connectivity index (χ1) is 16.5. The van der Waals surface area contributed by atoms with Gasteiger partial charge in [0.15, 0.2) is 0 Å². The molecule has 5 rings (SSSR count). The maximum absolute atomic E-state index is 13.2. The first-order valence-electron chi connectivity index (χ1n) is 11.7. The summed E-state index contributed by atoms with van der Waals surface area (Å²) in [5.74, 6) is 1.78. The number of carbonyl (C=O) groups excluding carboxylic acids is 2. The number of likely N-dealkylation sites (tertiary alicyclic amines) is 1. The number of rotatable bonds is 7. The van der Waals surface area contributed by atoms with Gasteiger partial charge in [0.05, 0.1) is 0 Å². The van der Waals surface area contributed by atoms with Crippen LogP contribution < -0.4 is 5.32 Å². The molecule has 1 aliphatic carbocycles. The molecule has 0 radical (unpaired) electrons. The largest absolute Gasteiger partial charge is 0.481 e. The summed E-state index contributed by atoms with van der Waals surface area (Å²) in [6.07, 6.45) is -0.851. The number of hydrogen-bond donors (Lipinski definition) is 2. The van der Waals surface area contributed by atoms with Crippen LogP contribution in [0.1, 0.15) is 29.9 Å². The highest BCUT2D eigenvalue weighted by Gasteiger charge is 2.40. The summed E-state index contributed by atoms with van der Waals surface area (Å²) in [6.45, 7) is 1.49. The number of benzene rings is 2. The molecule has 2 fully saturated rings. The van der Waals surface area contributed by atoms with E-state index in [1.165, 1.54) is 0 Å². The van der Waals surface area contributed by atoms with Gasteiger partial charge in [-0.25, -0.2) is 4.79 Å². The summed E-state index contributed by atoms with van der Waals surface area (Å²) in [4.78, 5) is 38.8. The Morgan fingerprint density at radius 3 is 2.18 bits per heavy atom. The lowest BCUT2D eigenvalue weighted by atomic mass is 9.98. The Morgan fingerprint density at radius 2 is 1.59 bits per heavy atom. The molecule has 2 N–H and O–H groups in total. The highest BCUT2D eigenvalue weighted by atomic mass is 32.2. The van der Waals surface area contributed by atoms with Gasteiger partial charge in [0.2, 0.25) is 5.91 Å². The third-order valence-corrected chi connectivity index (χ3v) is 8.46. The lowest BCUT2D eigenvalue weighted by Crippen LogP contribution is -2.48. The van der Waals surface area contributed by atoms with Gasteiger partial charge in [0.25, 0.3) is 0 Å². The number of fused-ring (bicyclic) bond motifs is 4. The van der Waals surface area contributed by atoms with Gasteiger partial charge < -0.3 is 20.1 Å². The van der Waals surface area contributed by atoms with Crippen LogP contribution in [-0.2, 0) is 14.3 Å². The van der Waals surface area contributed by atoms with Crippen molar-refractivity contribution in [1.82, 2.24) is 10.2 Å². The van der Waals surface area contributed by atoms with Crippen LogP contribution in [0, 0.1) is 11.8 Å². The van der Waals surface area contributed by atoms with E-state index in [0.29, 0.717) is 24.9 Å².